The van der Waals surface area contributed by atoms with E-state index in [1.54, 1.807) is 25.3 Å². The van der Waals surface area contributed by atoms with E-state index >= 15 is 0 Å². The highest BCUT2D eigenvalue weighted by atomic mass is 35.5. The molecule has 0 saturated carbocycles. The lowest BCUT2D eigenvalue weighted by Gasteiger charge is -2.03. The normalized spacial score (nSPS) is 11.1. The van der Waals surface area contributed by atoms with Gasteiger partial charge in [-0.25, -0.2) is 9.37 Å². The number of benzene rings is 1. The molecule has 7 heteroatoms. The fraction of sp³-hybridized carbons (Fsp3) is 0.176. The lowest BCUT2D eigenvalue weighted by molar-refractivity contribution is 0.0996. The second-order valence-electron chi connectivity index (χ2n) is 5.29. The van der Waals surface area contributed by atoms with Crippen LogP contribution in [0.3, 0.4) is 0 Å². The lowest BCUT2D eigenvalue weighted by Crippen LogP contribution is -2.13. The Morgan fingerprint density at radius 2 is 2.17 bits per heavy atom. The zero-order valence-corrected chi connectivity index (χ0v) is 13.7. The van der Waals surface area contributed by atoms with Crippen LogP contribution in [0.25, 0.3) is 22.2 Å². The summed E-state index contributed by atoms with van der Waals surface area (Å²) in [6, 6.07) is 7.94. The van der Waals surface area contributed by atoms with Crippen molar-refractivity contribution in [3.8, 4) is 11.1 Å². The number of halogens is 2. The minimum absolute atomic E-state index is 0.0658. The molecule has 2 heterocycles. The molecule has 0 radical (unpaired) electrons. The molecule has 3 rings (SSSR count). The summed E-state index contributed by atoms with van der Waals surface area (Å²) >= 11 is 5.76. The van der Waals surface area contributed by atoms with Gasteiger partial charge in [0.1, 0.15) is 17.2 Å². The Labute approximate surface area is 142 Å². The Kier molecular flexibility index (Phi) is 4.51. The number of carbonyl (C=O) groups excluding carboxylic acids is 1. The van der Waals surface area contributed by atoms with Gasteiger partial charge in [0.2, 0.25) is 0 Å². The molecule has 1 amide bonds. The molecule has 2 aromatic heterocycles. The summed E-state index contributed by atoms with van der Waals surface area (Å²) in [5.41, 5.74) is 7.54. The van der Waals surface area contributed by atoms with E-state index in [4.69, 9.17) is 22.1 Å². The molecular weight excluding hydrogens is 333 g/mol. The summed E-state index contributed by atoms with van der Waals surface area (Å²) in [5, 5.41) is 0.855. The van der Waals surface area contributed by atoms with Gasteiger partial charge >= 0.3 is 0 Å². The molecule has 0 aliphatic rings. The maximum absolute atomic E-state index is 13.8. The number of rotatable bonds is 5. The van der Waals surface area contributed by atoms with E-state index in [-0.39, 0.29) is 10.7 Å². The van der Waals surface area contributed by atoms with Crippen LogP contribution in [0.5, 0.6) is 0 Å². The van der Waals surface area contributed by atoms with E-state index in [1.165, 1.54) is 12.1 Å². The fourth-order valence-corrected chi connectivity index (χ4v) is 2.67. The van der Waals surface area contributed by atoms with Crippen LogP contribution < -0.4 is 5.73 Å². The van der Waals surface area contributed by atoms with Gasteiger partial charge in [0.25, 0.3) is 5.91 Å². The van der Waals surface area contributed by atoms with Gasteiger partial charge < -0.3 is 15.0 Å². The van der Waals surface area contributed by atoms with Crippen molar-refractivity contribution in [3.05, 3.63) is 53.1 Å². The highest BCUT2D eigenvalue weighted by Crippen LogP contribution is 2.32. The molecule has 0 aliphatic heterocycles. The van der Waals surface area contributed by atoms with Crippen molar-refractivity contribution in [2.75, 3.05) is 13.7 Å². The molecule has 0 atom stereocenters. The summed E-state index contributed by atoms with van der Waals surface area (Å²) < 4.78 is 20.8. The minimum atomic E-state index is -0.601. The molecular formula is C17H15ClFN3O2. The number of pyridine rings is 1. The first kappa shape index (κ1) is 16.4. The van der Waals surface area contributed by atoms with Gasteiger partial charge in [-0.05, 0) is 29.8 Å². The number of hydrogen-bond acceptors (Lipinski definition) is 3. The third-order valence-corrected chi connectivity index (χ3v) is 4.05. The van der Waals surface area contributed by atoms with Crippen molar-refractivity contribution in [2.24, 2.45) is 5.73 Å². The Balaban J connectivity index is 2.20. The third kappa shape index (κ3) is 2.98. The van der Waals surface area contributed by atoms with Crippen LogP contribution >= 0.6 is 11.6 Å². The van der Waals surface area contributed by atoms with E-state index in [0.717, 1.165) is 10.9 Å². The Morgan fingerprint density at radius 1 is 1.38 bits per heavy atom. The van der Waals surface area contributed by atoms with Crippen LogP contribution in [0.1, 0.15) is 10.5 Å². The molecule has 0 saturated heterocycles. The molecule has 0 aliphatic carbocycles. The highest BCUT2D eigenvalue weighted by molar-refractivity contribution is 6.30. The zero-order chi connectivity index (χ0) is 17.3. The largest absolute Gasteiger partial charge is 0.383 e. The SMILES string of the molecule is COCCn1cc(-c2ccc(Cl)c(F)c2)c2ccc(C(N)=O)nc21. The second kappa shape index (κ2) is 6.59. The number of hydrogen-bond donors (Lipinski definition) is 1. The topological polar surface area (TPSA) is 70.1 Å². The minimum Gasteiger partial charge on any atom is -0.383 e. The van der Waals surface area contributed by atoms with Crippen LogP contribution in [0.2, 0.25) is 5.02 Å². The van der Waals surface area contributed by atoms with E-state index in [2.05, 4.69) is 4.98 Å². The van der Waals surface area contributed by atoms with Crippen molar-refractivity contribution in [2.45, 2.75) is 6.54 Å². The first-order valence-electron chi connectivity index (χ1n) is 7.25. The Hall–Kier alpha value is -2.44. The van der Waals surface area contributed by atoms with Crippen molar-refractivity contribution in [1.82, 2.24) is 9.55 Å². The van der Waals surface area contributed by atoms with E-state index in [0.29, 0.717) is 24.4 Å². The fourth-order valence-electron chi connectivity index (χ4n) is 2.56. The van der Waals surface area contributed by atoms with Gasteiger partial charge in [0.05, 0.1) is 11.6 Å². The van der Waals surface area contributed by atoms with E-state index < -0.39 is 11.7 Å². The molecule has 24 heavy (non-hydrogen) atoms. The Bertz CT molecular complexity index is 924. The second-order valence-corrected chi connectivity index (χ2v) is 5.70. The number of nitrogens with two attached hydrogens (primary N) is 1. The molecule has 0 spiro atoms. The third-order valence-electron chi connectivity index (χ3n) is 3.74. The monoisotopic (exact) mass is 347 g/mol. The maximum atomic E-state index is 13.8. The number of carbonyl (C=O) groups is 1. The molecule has 1 aromatic carbocycles. The van der Waals surface area contributed by atoms with E-state index in [9.17, 15) is 9.18 Å². The summed E-state index contributed by atoms with van der Waals surface area (Å²) in [6.07, 6.45) is 1.85. The number of aromatic nitrogens is 2. The predicted octanol–water partition coefficient (Wildman–Crippen LogP) is 3.24. The van der Waals surface area contributed by atoms with Gasteiger partial charge in [-0.15, -0.1) is 0 Å². The highest BCUT2D eigenvalue weighted by Gasteiger charge is 2.15. The Morgan fingerprint density at radius 3 is 2.83 bits per heavy atom. The summed E-state index contributed by atoms with van der Waals surface area (Å²) in [6.45, 7) is 1.01. The molecule has 124 valence electrons. The van der Waals surface area contributed by atoms with Crippen LogP contribution in [-0.4, -0.2) is 29.2 Å². The molecule has 0 bridgehead atoms. The van der Waals surface area contributed by atoms with Crippen molar-refractivity contribution >= 4 is 28.5 Å². The number of ether oxygens (including phenoxy) is 1. The van der Waals surface area contributed by atoms with Crippen LogP contribution in [0, 0.1) is 5.82 Å². The van der Waals surface area contributed by atoms with Gasteiger partial charge in [0, 0.05) is 30.8 Å². The van der Waals surface area contributed by atoms with Gasteiger partial charge in [-0.1, -0.05) is 17.7 Å². The number of fused-ring (bicyclic) bond motifs is 1. The number of nitrogens with zero attached hydrogens (tertiary/aromatic N) is 2. The quantitative estimate of drug-likeness (QED) is 0.770. The first-order valence-corrected chi connectivity index (χ1v) is 7.63. The predicted molar refractivity (Wildman–Crippen MR) is 90.5 cm³/mol. The van der Waals surface area contributed by atoms with Crippen LogP contribution in [0.4, 0.5) is 4.39 Å². The zero-order valence-electron chi connectivity index (χ0n) is 12.9. The number of methoxy groups -OCH3 is 1. The van der Waals surface area contributed by atoms with E-state index in [1.807, 2.05) is 10.8 Å². The summed E-state index contributed by atoms with van der Waals surface area (Å²) in [4.78, 5) is 15.7. The summed E-state index contributed by atoms with van der Waals surface area (Å²) in [5.74, 6) is -1.09. The van der Waals surface area contributed by atoms with Gasteiger partial charge in [-0.2, -0.15) is 0 Å². The maximum Gasteiger partial charge on any atom is 0.267 e. The molecule has 2 N–H and O–H groups in total. The standard InChI is InChI=1S/C17H15ClFN3O2/c1-24-7-6-22-9-12(10-2-4-13(18)14(19)8-10)11-3-5-15(16(20)23)21-17(11)22/h2-5,8-9H,6-7H2,1H3,(H2,20,23). The number of amides is 1. The van der Waals surface area contributed by atoms with Crippen molar-refractivity contribution in [3.63, 3.8) is 0 Å². The molecule has 0 fully saturated rings. The van der Waals surface area contributed by atoms with Crippen LogP contribution in [-0.2, 0) is 11.3 Å². The lowest BCUT2D eigenvalue weighted by atomic mass is 10.1. The molecule has 0 unspecified atom stereocenters. The van der Waals surface area contributed by atoms with Gasteiger partial charge in [0.15, 0.2) is 0 Å². The average Bonchev–Trinajstić information content (AvgIpc) is 2.93. The van der Waals surface area contributed by atoms with Crippen LogP contribution in [0.15, 0.2) is 36.5 Å². The first-order chi connectivity index (χ1) is 11.5. The smallest absolute Gasteiger partial charge is 0.267 e. The summed E-state index contributed by atoms with van der Waals surface area (Å²) in [7, 11) is 1.60. The average molecular weight is 348 g/mol. The molecule has 5 nitrogen and oxygen atoms in total. The van der Waals surface area contributed by atoms with Gasteiger partial charge in [-0.3, -0.25) is 4.79 Å². The molecule has 3 aromatic rings. The number of primary amides is 1. The van der Waals surface area contributed by atoms with Crippen molar-refractivity contribution in [1.29, 1.82) is 0 Å². The van der Waals surface area contributed by atoms with Crippen molar-refractivity contribution < 1.29 is 13.9 Å².